The molecule has 0 radical (unpaired) electrons. The number of aromatic nitrogens is 2. The summed E-state index contributed by atoms with van der Waals surface area (Å²) in [5.41, 5.74) is 9.87. The molecule has 6 nitrogen and oxygen atoms in total. The third-order valence-corrected chi connectivity index (χ3v) is 5.75. The Morgan fingerprint density at radius 1 is 1.13 bits per heavy atom. The number of piperidine rings is 1. The first kappa shape index (κ1) is 19.9. The first-order valence-corrected chi connectivity index (χ1v) is 10.3. The van der Waals surface area contributed by atoms with Crippen molar-refractivity contribution >= 4 is 5.91 Å². The molecule has 2 heterocycles. The summed E-state index contributed by atoms with van der Waals surface area (Å²) in [6.07, 6.45) is 3.70. The average molecular weight is 399 g/mol. The van der Waals surface area contributed by atoms with Gasteiger partial charge in [-0.1, -0.05) is 48.5 Å². The van der Waals surface area contributed by atoms with Crippen LogP contribution in [0.5, 0.6) is 0 Å². The van der Waals surface area contributed by atoms with Crippen LogP contribution >= 0.6 is 0 Å². The van der Waals surface area contributed by atoms with Gasteiger partial charge in [0.25, 0.3) is 0 Å². The fourth-order valence-electron chi connectivity index (χ4n) is 4.17. The van der Waals surface area contributed by atoms with Gasteiger partial charge >= 0.3 is 0 Å². The molecule has 1 aliphatic heterocycles. The lowest BCUT2D eigenvalue weighted by molar-refractivity contribution is -0.123. The molecule has 3 aromatic rings. The van der Waals surface area contributed by atoms with Crippen LogP contribution in [0.4, 0.5) is 0 Å². The molecule has 30 heavy (non-hydrogen) atoms. The number of nitrogens with two attached hydrogens (primary N) is 1. The number of amides is 1. The Balaban J connectivity index is 1.66. The molecule has 0 aliphatic carbocycles. The molecule has 4 rings (SSSR count). The van der Waals surface area contributed by atoms with Crippen molar-refractivity contribution in [2.24, 2.45) is 11.7 Å². The van der Waals surface area contributed by atoms with Crippen LogP contribution in [-0.2, 0) is 11.3 Å². The van der Waals surface area contributed by atoms with Gasteiger partial charge in [-0.15, -0.1) is 0 Å². The highest BCUT2D eigenvalue weighted by atomic mass is 16.1. The summed E-state index contributed by atoms with van der Waals surface area (Å²) in [6, 6.07) is 20.0. The second-order valence-electron chi connectivity index (χ2n) is 7.70. The SMILES string of the molecule is N#Cc1ccccc1-c1c(-c2ccccc2)ncn1CCN1CCCC(C(N)=O)C1. The van der Waals surface area contributed by atoms with Gasteiger partial charge in [0, 0.05) is 30.8 Å². The number of primary amides is 1. The zero-order valence-electron chi connectivity index (χ0n) is 16.9. The Morgan fingerprint density at radius 2 is 1.90 bits per heavy atom. The molecular formula is C24H25N5O. The molecule has 1 fully saturated rings. The van der Waals surface area contributed by atoms with Gasteiger partial charge in [-0.25, -0.2) is 4.98 Å². The summed E-state index contributed by atoms with van der Waals surface area (Å²) >= 11 is 0. The summed E-state index contributed by atoms with van der Waals surface area (Å²) in [5.74, 6) is -0.280. The van der Waals surface area contributed by atoms with Crippen molar-refractivity contribution in [3.05, 3.63) is 66.5 Å². The molecule has 2 aromatic carbocycles. The van der Waals surface area contributed by atoms with Gasteiger partial charge in [0.2, 0.25) is 5.91 Å². The predicted molar refractivity (Wildman–Crippen MR) is 116 cm³/mol. The van der Waals surface area contributed by atoms with Crippen LogP contribution in [0, 0.1) is 17.2 Å². The first-order valence-electron chi connectivity index (χ1n) is 10.3. The highest BCUT2D eigenvalue weighted by molar-refractivity contribution is 5.81. The Morgan fingerprint density at radius 3 is 2.67 bits per heavy atom. The van der Waals surface area contributed by atoms with Crippen LogP contribution in [-0.4, -0.2) is 40.0 Å². The lowest BCUT2D eigenvalue weighted by atomic mass is 9.97. The van der Waals surface area contributed by atoms with E-state index in [0.717, 1.165) is 55.0 Å². The number of rotatable bonds is 6. The topological polar surface area (TPSA) is 87.9 Å². The van der Waals surface area contributed by atoms with E-state index in [1.807, 2.05) is 60.9 Å². The summed E-state index contributed by atoms with van der Waals surface area (Å²) in [7, 11) is 0. The third-order valence-electron chi connectivity index (χ3n) is 5.75. The third kappa shape index (κ3) is 4.12. The quantitative estimate of drug-likeness (QED) is 0.689. The molecular weight excluding hydrogens is 374 g/mol. The molecule has 152 valence electrons. The maximum atomic E-state index is 11.6. The minimum Gasteiger partial charge on any atom is -0.369 e. The largest absolute Gasteiger partial charge is 0.369 e. The average Bonchev–Trinajstić information content (AvgIpc) is 3.22. The number of hydrogen-bond donors (Lipinski definition) is 1. The minimum absolute atomic E-state index is 0.0693. The van der Waals surface area contributed by atoms with E-state index in [2.05, 4.69) is 15.5 Å². The number of imidazole rings is 1. The summed E-state index contributed by atoms with van der Waals surface area (Å²) in [4.78, 5) is 18.6. The number of carbonyl (C=O) groups is 1. The van der Waals surface area contributed by atoms with Gasteiger partial charge in [-0.05, 0) is 25.5 Å². The number of likely N-dealkylation sites (tertiary alicyclic amines) is 1. The first-order chi connectivity index (χ1) is 14.7. The van der Waals surface area contributed by atoms with E-state index in [0.29, 0.717) is 12.1 Å². The van der Waals surface area contributed by atoms with Crippen LogP contribution in [0.3, 0.4) is 0 Å². The molecule has 6 heteroatoms. The van der Waals surface area contributed by atoms with Crippen LogP contribution in [0.1, 0.15) is 18.4 Å². The van der Waals surface area contributed by atoms with Crippen molar-refractivity contribution in [1.29, 1.82) is 5.26 Å². The minimum atomic E-state index is -0.211. The van der Waals surface area contributed by atoms with E-state index in [9.17, 15) is 10.1 Å². The van der Waals surface area contributed by atoms with Crippen LogP contribution in [0.15, 0.2) is 60.9 Å². The van der Waals surface area contributed by atoms with Crippen LogP contribution in [0.25, 0.3) is 22.5 Å². The summed E-state index contributed by atoms with van der Waals surface area (Å²) in [5, 5.41) is 9.65. The van der Waals surface area contributed by atoms with Gasteiger partial charge in [0.15, 0.2) is 0 Å². The van der Waals surface area contributed by atoms with Gasteiger partial charge in [0.1, 0.15) is 0 Å². The highest BCUT2D eigenvalue weighted by Gasteiger charge is 2.24. The Kier molecular flexibility index (Phi) is 5.92. The molecule has 1 aliphatic rings. The van der Waals surface area contributed by atoms with Crippen LogP contribution < -0.4 is 5.73 Å². The van der Waals surface area contributed by atoms with Gasteiger partial charge in [0.05, 0.1) is 35.3 Å². The van der Waals surface area contributed by atoms with E-state index in [1.165, 1.54) is 0 Å². The maximum absolute atomic E-state index is 11.6. The molecule has 1 unspecified atom stereocenters. The molecule has 1 aromatic heterocycles. The van der Waals surface area contributed by atoms with Crippen molar-refractivity contribution in [2.45, 2.75) is 19.4 Å². The molecule has 1 atom stereocenters. The number of nitrogens with zero attached hydrogens (tertiary/aromatic N) is 4. The van der Waals surface area contributed by atoms with Crippen molar-refractivity contribution in [3.8, 4) is 28.6 Å². The molecule has 0 bridgehead atoms. The van der Waals surface area contributed by atoms with E-state index in [4.69, 9.17) is 10.7 Å². The molecule has 0 saturated carbocycles. The zero-order valence-corrected chi connectivity index (χ0v) is 16.9. The second kappa shape index (κ2) is 8.93. The smallest absolute Gasteiger partial charge is 0.221 e. The normalized spacial score (nSPS) is 16.8. The van der Waals surface area contributed by atoms with Gasteiger partial charge < -0.3 is 15.2 Å². The monoisotopic (exact) mass is 399 g/mol. The number of carbonyl (C=O) groups excluding carboxylic acids is 1. The number of nitriles is 1. The molecule has 1 amide bonds. The molecule has 0 spiro atoms. The standard InChI is InChI=1S/C24H25N5O/c25-15-19-9-4-5-11-21(19)23-22(18-7-2-1-3-8-18)27-17-29(23)14-13-28-12-6-10-20(16-28)24(26)30/h1-5,7-9,11,17,20H,6,10,12-14,16H2,(H2,26,30). The maximum Gasteiger partial charge on any atom is 0.221 e. The summed E-state index contributed by atoms with van der Waals surface area (Å²) < 4.78 is 2.12. The van der Waals surface area contributed by atoms with Crippen molar-refractivity contribution in [2.75, 3.05) is 19.6 Å². The highest BCUT2D eigenvalue weighted by Crippen LogP contribution is 2.33. The Bertz CT molecular complexity index is 1070. The summed E-state index contributed by atoms with van der Waals surface area (Å²) in [6.45, 7) is 3.20. The zero-order chi connectivity index (χ0) is 20.9. The van der Waals surface area contributed by atoms with Crippen molar-refractivity contribution in [3.63, 3.8) is 0 Å². The van der Waals surface area contributed by atoms with Gasteiger partial charge in [-0.3, -0.25) is 4.79 Å². The van der Waals surface area contributed by atoms with Gasteiger partial charge in [-0.2, -0.15) is 5.26 Å². The number of hydrogen-bond acceptors (Lipinski definition) is 4. The predicted octanol–water partition coefficient (Wildman–Crippen LogP) is 3.29. The fourth-order valence-corrected chi connectivity index (χ4v) is 4.17. The molecule has 1 saturated heterocycles. The number of benzene rings is 2. The van der Waals surface area contributed by atoms with E-state index < -0.39 is 0 Å². The van der Waals surface area contributed by atoms with E-state index in [-0.39, 0.29) is 11.8 Å². The van der Waals surface area contributed by atoms with E-state index in [1.54, 1.807) is 0 Å². The van der Waals surface area contributed by atoms with Crippen LogP contribution in [0.2, 0.25) is 0 Å². The molecule has 2 N–H and O–H groups in total. The Labute approximate surface area is 176 Å². The Hall–Kier alpha value is -3.43. The van der Waals surface area contributed by atoms with Crippen molar-refractivity contribution < 1.29 is 4.79 Å². The fraction of sp³-hybridized carbons (Fsp3) is 0.292. The van der Waals surface area contributed by atoms with Crippen molar-refractivity contribution in [1.82, 2.24) is 14.5 Å². The second-order valence-corrected chi connectivity index (χ2v) is 7.70. The lowest BCUT2D eigenvalue weighted by Crippen LogP contribution is -2.42. The van der Waals surface area contributed by atoms with E-state index >= 15 is 0 Å². The lowest BCUT2D eigenvalue weighted by Gasteiger charge is -2.31.